The van der Waals surface area contributed by atoms with Gasteiger partial charge in [0.25, 0.3) is 0 Å². The minimum atomic E-state index is -3.52. The molecule has 0 heterocycles. The maximum Gasteiger partial charge on any atom is 0.232 e. The number of hydrogen-bond donors (Lipinski definition) is 1. The number of hydrogen-bond acceptors (Lipinski definition) is 4. The van der Waals surface area contributed by atoms with Gasteiger partial charge in [0.15, 0.2) is 0 Å². The standard InChI is InChI=1S/C12H19ClN2O4S2/c1-4-21(18,19)14-7-8-15(20(3,16)17)12-6-5-11(13)9-10(12)2/h5-6,9,14H,4,7-8H2,1-3H3. The van der Waals surface area contributed by atoms with E-state index in [1.165, 1.54) is 6.92 Å². The molecule has 0 fully saturated rings. The summed E-state index contributed by atoms with van der Waals surface area (Å²) >= 11 is 5.86. The molecule has 1 aromatic rings. The van der Waals surface area contributed by atoms with Crippen molar-refractivity contribution in [3.63, 3.8) is 0 Å². The highest BCUT2D eigenvalue weighted by molar-refractivity contribution is 7.92. The molecule has 6 nitrogen and oxygen atoms in total. The van der Waals surface area contributed by atoms with Crippen molar-refractivity contribution in [2.75, 3.05) is 29.4 Å². The Bertz CT molecular complexity index is 702. The monoisotopic (exact) mass is 354 g/mol. The van der Waals surface area contributed by atoms with E-state index >= 15 is 0 Å². The molecule has 1 aromatic carbocycles. The molecule has 21 heavy (non-hydrogen) atoms. The van der Waals surface area contributed by atoms with Crippen molar-refractivity contribution in [2.24, 2.45) is 0 Å². The number of aryl methyl sites for hydroxylation is 1. The normalized spacial score (nSPS) is 12.4. The minimum Gasteiger partial charge on any atom is -0.269 e. The number of sulfonamides is 2. The van der Waals surface area contributed by atoms with Crippen molar-refractivity contribution in [2.45, 2.75) is 13.8 Å². The Morgan fingerprint density at radius 2 is 1.86 bits per heavy atom. The number of halogens is 1. The summed E-state index contributed by atoms with van der Waals surface area (Å²) < 4.78 is 50.1. The molecule has 0 aromatic heterocycles. The van der Waals surface area contributed by atoms with E-state index in [4.69, 9.17) is 11.6 Å². The van der Waals surface area contributed by atoms with Crippen LogP contribution in [-0.4, -0.2) is 41.9 Å². The Morgan fingerprint density at radius 3 is 2.33 bits per heavy atom. The fourth-order valence-electron chi connectivity index (χ4n) is 1.77. The van der Waals surface area contributed by atoms with Gasteiger partial charge in [-0.05, 0) is 37.6 Å². The molecule has 0 amide bonds. The summed E-state index contributed by atoms with van der Waals surface area (Å²) in [7, 11) is -6.87. The molecular formula is C12H19ClN2O4S2. The lowest BCUT2D eigenvalue weighted by Crippen LogP contribution is -2.38. The lowest BCUT2D eigenvalue weighted by Gasteiger charge is -2.24. The maximum absolute atomic E-state index is 11.9. The molecule has 0 radical (unpaired) electrons. The van der Waals surface area contributed by atoms with Gasteiger partial charge in [-0.1, -0.05) is 11.6 Å². The average Bonchev–Trinajstić information content (AvgIpc) is 2.34. The Labute approximate surface area is 131 Å². The van der Waals surface area contributed by atoms with Crippen LogP contribution in [-0.2, 0) is 20.0 Å². The predicted molar refractivity (Wildman–Crippen MR) is 85.8 cm³/mol. The van der Waals surface area contributed by atoms with Crippen LogP contribution in [0.25, 0.3) is 0 Å². The highest BCUT2D eigenvalue weighted by Crippen LogP contribution is 2.25. The molecule has 0 saturated heterocycles. The summed E-state index contributed by atoms with van der Waals surface area (Å²) in [6.07, 6.45) is 1.08. The smallest absolute Gasteiger partial charge is 0.232 e. The van der Waals surface area contributed by atoms with Gasteiger partial charge < -0.3 is 0 Å². The highest BCUT2D eigenvalue weighted by atomic mass is 35.5. The van der Waals surface area contributed by atoms with Crippen LogP contribution in [0.1, 0.15) is 12.5 Å². The number of nitrogens with zero attached hydrogens (tertiary/aromatic N) is 1. The third-order valence-corrected chi connectivity index (χ3v) is 5.66. The van der Waals surface area contributed by atoms with Crippen LogP contribution in [0.5, 0.6) is 0 Å². The van der Waals surface area contributed by atoms with Crippen molar-refractivity contribution in [3.8, 4) is 0 Å². The van der Waals surface area contributed by atoms with Crippen LogP contribution in [0.4, 0.5) is 5.69 Å². The molecule has 120 valence electrons. The van der Waals surface area contributed by atoms with Gasteiger partial charge in [0, 0.05) is 18.1 Å². The number of anilines is 1. The SMILES string of the molecule is CCS(=O)(=O)NCCN(c1ccc(Cl)cc1C)S(C)(=O)=O. The molecule has 0 spiro atoms. The van der Waals surface area contributed by atoms with E-state index in [0.717, 1.165) is 10.6 Å². The summed E-state index contributed by atoms with van der Waals surface area (Å²) in [5.41, 5.74) is 1.18. The van der Waals surface area contributed by atoms with Crippen LogP contribution in [0.3, 0.4) is 0 Å². The van der Waals surface area contributed by atoms with Gasteiger partial charge >= 0.3 is 0 Å². The Kier molecular flexibility index (Phi) is 6.03. The van der Waals surface area contributed by atoms with Crippen molar-refractivity contribution in [1.29, 1.82) is 0 Å². The second-order valence-corrected chi connectivity index (χ2v) is 9.00. The van der Waals surface area contributed by atoms with E-state index in [9.17, 15) is 16.8 Å². The van der Waals surface area contributed by atoms with Crippen LogP contribution in [0.2, 0.25) is 5.02 Å². The van der Waals surface area contributed by atoms with E-state index in [0.29, 0.717) is 16.3 Å². The zero-order valence-electron chi connectivity index (χ0n) is 12.1. The van der Waals surface area contributed by atoms with Crippen LogP contribution >= 0.6 is 11.6 Å². The maximum atomic E-state index is 11.9. The van der Waals surface area contributed by atoms with Gasteiger partial charge in [-0.2, -0.15) is 0 Å². The molecule has 0 saturated carbocycles. The first-order valence-electron chi connectivity index (χ1n) is 6.28. The first-order valence-corrected chi connectivity index (χ1v) is 10.2. The molecule has 1 N–H and O–H groups in total. The second kappa shape index (κ2) is 6.95. The Morgan fingerprint density at radius 1 is 1.24 bits per heavy atom. The predicted octanol–water partition coefficient (Wildman–Crippen LogP) is 1.35. The molecule has 9 heteroatoms. The molecule has 0 aliphatic heterocycles. The van der Waals surface area contributed by atoms with Gasteiger partial charge in [-0.3, -0.25) is 4.31 Å². The van der Waals surface area contributed by atoms with E-state index in [1.807, 2.05) is 0 Å². The number of nitrogens with one attached hydrogen (secondary N) is 1. The van der Waals surface area contributed by atoms with Crippen LogP contribution in [0, 0.1) is 6.92 Å². The first-order chi connectivity index (χ1) is 9.57. The van der Waals surface area contributed by atoms with Gasteiger partial charge in [0.1, 0.15) is 0 Å². The van der Waals surface area contributed by atoms with E-state index < -0.39 is 20.0 Å². The minimum absolute atomic E-state index is 0.00527. The third kappa shape index (κ3) is 5.46. The van der Waals surface area contributed by atoms with Gasteiger partial charge in [0.2, 0.25) is 20.0 Å². The Balaban J connectivity index is 2.98. The highest BCUT2D eigenvalue weighted by Gasteiger charge is 2.19. The van der Waals surface area contributed by atoms with Crippen LogP contribution < -0.4 is 9.03 Å². The van der Waals surface area contributed by atoms with E-state index in [-0.39, 0.29) is 18.8 Å². The fourth-order valence-corrected chi connectivity index (χ4v) is 3.59. The quantitative estimate of drug-likeness (QED) is 0.801. The molecule has 0 bridgehead atoms. The topological polar surface area (TPSA) is 83.6 Å². The summed E-state index contributed by atoms with van der Waals surface area (Å²) in [6.45, 7) is 3.28. The average molecular weight is 355 g/mol. The zero-order valence-corrected chi connectivity index (χ0v) is 14.5. The van der Waals surface area contributed by atoms with Crippen molar-refractivity contribution in [3.05, 3.63) is 28.8 Å². The van der Waals surface area contributed by atoms with Crippen molar-refractivity contribution in [1.82, 2.24) is 4.72 Å². The summed E-state index contributed by atoms with van der Waals surface area (Å²) in [4.78, 5) is 0. The number of benzene rings is 1. The first kappa shape index (κ1) is 18.2. The van der Waals surface area contributed by atoms with E-state index in [2.05, 4.69) is 4.72 Å². The Hall–Kier alpha value is -0.830. The summed E-state index contributed by atoms with van der Waals surface area (Å²) in [6, 6.07) is 4.86. The van der Waals surface area contributed by atoms with Gasteiger partial charge in [0.05, 0.1) is 17.7 Å². The second-order valence-electron chi connectivity index (χ2n) is 4.56. The molecule has 1 rings (SSSR count). The largest absolute Gasteiger partial charge is 0.269 e. The van der Waals surface area contributed by atoms with E-state index in [1.54, 1.807) is 25.1 Å². The molecule has 0 aliphatic rings. The molecule has 0 aliphatic carbocycles. The van der Waals surface area contributed by atoms with Crippen LogP contribution in [0.15, 0.2) is 18.2 Å². The molecule has 0 unspecified atom stereocenters. The lowest BCUT2D eigenvalue weighted by molar-refractivity contribution is 0.579. The lowest BCUT2D eigenvalue weighted by atomic mass is 10.2. The molecular weight excluding hydrogens is 336 g/mol. The summed E-state index contributed by atoms with van der Waals surface area (Å²) in [5, 5.41) is 0.511. The van der Waals surface area contributed by atoms with Gasteiger partial charge in [-0.15, -0.1) is 0 Å². The zero-order chi connectivity index (χ0) is 16.3. The fraction of sp³-hybridized carbons (Fsp3) is 0.500. The van der Waals surface area contributed by atoms with Crippen molar-refractivity contribution >= 4 is 37.3 Å². The van der Waals surface area contributed by atoms with Crippen molar-refractivity contribution < 1.29 is 16.8 Å². The summed E-state index contributed by atoms with van der Waals surface area (Å²) in [5.74, 6) is -0.0498. The van der Waals surface area contributed by atoms with Gasteiger partial charge in [-0.25, -0.2) is 21.6 Å². The third-order valence-electron chi connectivity index (χ3n) is 2.84. The molecule has 0 atom stereocenters. The number of rotatable bonds is 7.